The highest BCUT2D eigenvalue weighted by Gasteiger charge is 2.22. The van der Waals surface area contributed by atoms with Crippen LogP contribution in [-0.2, 0) is 9.59 Å². The topological polar surface area (TPSA) is 109 Å². The summed E-state index contributed by atoms with van der Waals surface area (Å²) in [5, 5.41) is 11.4. The maximum atomic E-state index is 12.1. The van der Waals surface area contributed by atoms with Crippen molar-refractivity contribution in [2.24, 2.45) is 5.73 Å². The Labute approximate surface area is 137 Å². The highest BCUT2D eigenvalue weighted by molar-refractivity contribution is 14.1. The van der Waals surface area contributed by atoms with Gasteiger partial charge in [0.2, 0.25) is 5.91 Å². The first-order chi connectivity index (χ1) is 9.31. The van der Waals surface area contributed by atoms with Gasteiger partial charge in [-0.3, -0.25) is 9.59 Å². The molecule has 0 unspecified atom stereocenters. The molecule has 1 aromatic rings. The number of rotatable bonds is 6. The number of amides is 2. The average Bonchev–Trinajstić information content (AvgIpc) is 2.36. The lowest BCUT2D eigenvalue weighted by atomic mass is 10.1. The maximum Gasteiger partial charge on any atom is 0.326 e. The van der Waals surface area contributed by atoms with Crippen LogP contribution in [0.25, 0.3) is 0 Å². The van der Waals surface area contributed by atoms with Crippen molar-refractivity contribution in [1.29, 1.82) is 0 Å². The Balaban J connectivity index is 2.82. The second-order valence-corrected chi connectivity index (χ2v) is 6.07. The molecule has 20 heavy (non-hydrogen) atoms. The van der Waals surface area contributed by atoms with Gasteiger partial charge in [-0.1, -0.05) is 15.9 Å². The van der Waals surface area contributed by atoms with Gasteiger partial charge in [0.05, 0.1) is 5.56 Å². The number of carbonyl (C=O) groups is 3. The molecule has 0 spiro atoms. The molecule has 0 heterocycles. The summed E-state index contributed by atoms with van der Waals surface area (Å²) < 4.78 is 1.41. The van der Waals surface area contributed by atoms with E-state index in [-0.39, 0.29) is 12.8 Å². The van der Waals surface area contributed by atoms with Gasteiger partial charge >= 0.3 is 5.97 Å². The van der Waals surface area contributed by atoms with Gasteiger partial charge in [0, 0.05) is 14.5 Å². The Bertz CT molecular complexity index is 550. The van der Waals surface area contributed by atoms with Crippen molar-refractivity contribution in [2.45, 2.75) is 18.9 Å². The predicted octanol–water partition coefficient (Wildman–Crippen LogP) is 1.50. The van der Waals surface area contributed by atoms with Gasteiger partial charge < -0.3 is 16.2 Å². The predicted molar refractivity (Wildman–Crippen MR) is 84.2 cm³/mol. The molecule has 0 saturated carbocycles. The average molecular weight is 455 g/mol. The molecule has 1 atom stereocenters. The second-order valence-electron chi connectivity index (χ2n) is 3.99. The minimum atomic E-state index is -1.20. The van der Waals surface area contributed by atoms with Crippen molar-refractivity contribution in [3.05, 3.63) is 31.8 Å². The van der Waals surface area contributed by atoms with E-state index in [0.29, 0.717) is 13.6 Å². The van der Waals surface area contributed by atoms with Crippen LogP contribution in [0.1, 0.15) is 23.2 Å². The molecule has 6 nitrogen and oxygen atoms in total. The Morgan fingerprint density at radius 1 is 1.40 bits per heavy atom. The third-order valence-corrected chi connectivity index (χ3v) is 3.89. The van der Waals surface area contributed by atoms with Crippen LogP contribution < -0.4 is 11.1 Å². The molecule has 2 amide bonds. The van der Waals surface area contributed by atoms with Gasteiger partial charge in [-0.05, 0) is 47.2 Å². The number of benzene rings is 1. The number of carboxylic acid groups (broad SMARTS) is 1. The molecule has 0 aliphatic heterocycles. The van der Waals surface area contributed by atoms with Gasteiger partial charge in [0.25, 0.3) is 5.91 Å². The number of aliphatic carboxylic acids is 1. The van der Waals surface area contributed by atoms with Crippen LogP contribution >= 0.6 is 38.5 Å². The van der Waals surface area contributed by atoms with E-state index in [1.807, 2.05) is 22.6 Å². The van der Waals surface area contributed by atoms with Crippen LogP contribution in [0.15, 0.2) is 22.7 Å². The SMILES string of the molecule is NC(=O)CC[C@H](NC(=O)c1cc(Br)ccc1I)C(=O)O. The maximum absolute atomic E-state index is 12.1. The normalized spacial score (nSPS) is 11.7. The van der Waals surface area contributed by atoms with Crippen molar-refractivity contribution in [1.82, 2.24) is 5.32 Å². The van der Waals surface area contributed by atoms with Crippen LogP contribution in [0.4, 0.5) is 0 Å². The number of hydrogen-bond donors (Lipinski definition) is 3. The van der Waals surface area contributed by atoms with Gasteiger partial charge in [-0.25, -0.2) is 4.79 Å². The van der Waals surface area contributed by atoms with E-state index < -0.39 is 23.8 Å². The summed E-state index contributed by atoms with van der Waals surface area (Å²) in [5.74, 6) is -2.32. The van der Waals surface area contributed by atoms with E-state index in [4.69, 9.17) is 10.8 Å². The molecule has 0 bridgehead atoms. The summed E-state index contributed by atoms with van der Waals surface area (Å²) >= 11 is 5.23. The van der Waals surface area contributed by atoms with Gasteiger partial charge in [-0.15, -0.1) is 0 Å². The van der Waals surface area contributed by atoms with Crippen molar-refractivity contribution in [3.8, 4) is 0 Å². The van der Waals surface area contributed by atoms with Crippen molar-refractivity contribution >= 4 is 56.3 Å². The Hall–Kier alpha value is -1.16. The lowest BCUT2D eigenvalue weighted by Gasteiger charge is -2.14. The third-order valence-electron chi connectivity index (χ3n) is 2.46. The van der Waals surface area contributed by atoms with Gasteiger partial charge in [0.1, 0.15) is 6.04 Å². The highest BCUT2D eigenvalue weighted by atomic mass is 127. The lowest BCUT2D eigenvalue weighted by Crippen LogP contribution is -2.41. The first-order valence-corrected chi connectivity index (χ1v) is 7.45. The fourth-order valence-corrected chi connectivity index (χ4v) is 2.39. The molecule has 0 saturated heterocycles. The third kappa shape index (κ3) is 5.08. The summed E-state index contributed by atoms with van der Waals surface area (Å²) in [4.78, 5) is 33.8. The van der Waals surface area contributed by atoms with Crippen molar-refractivity contribution in [3.63, 3.8) is 0 Å². The lowest BCUT2D eigenvalue weighted by molar-refractivity contribution is -0.139. The monoisotopic (exact) mass is 454 g/mol. The first kappa shape index (κ1) is 16.9. The number of primary amides is 1. The summed E-state index contributed by atoms with van der Waals surface area (Å²) in [7, 11) is 0. The largest absolute Gasteiger partial charge is 0.480 e. The number of hydrogen-bond acceptors (Lipinski definition) is 3. The van der Waals surface area contributed by atoms with Crippen molar-refractivity contribution < 1.29 is 19.5 Å². The smallest absolute Gasteiger partial charge is 0.326 e. The molecular formula is C12H12BrIN2O4. The molecule has 0 radical (unpaired) electrons. The van der Waals surface area contributed by atoms with Crippen LogP contribution in [0.2, 0.25) is 0 Å². The fraction of sp³-hybridized carbons (Fsp3) is 0.250. The zero-order valence-corrected chi connectivity index (χ0v) is 14.0. The standard InChI is InChI=1S/C12H12BrIN2O4/c13-6-1-2-8(14)7(5-6)11(18)16-9(12(19)20)3-4-10(15)17/h1-2,5,9H,3-4H2,(H2,15,17)(H,16,18)(H,19,20)/t9-/m0/s1. The number of carboxylic acids is 1. The second kappa shape index (κ2) is 7.58. The zero-order valence-electron chi connectivity index (χ0n) is 10.2. The number of nitrogens with two attached hydrogens (primary N) is 1. The molecular weight excluding hydrogens is 443 g/mol. The summed E-state index contributed by atoms with van der Waals surface area (Å²) in [6.45, 7) is 0. The molecule has 0 fully saturated rings. The van der Waals surface area contributed by atoms with E-state index in [0.717, 1.165) is 0 Å². The van der Waals surface area contributed by atoms with Crippen LogP contribution in [-0.4, -0.2) is 28.9 Å². The van der Waals surface area contributed by atoms with Crippen molar-refractivity contribution in [2.75, 3.05) is 0 Å². The Morgan fingerprint density at radius 3 is 2.60 bits per heavy atom. The number of halogens is 2. The highest BCUT2D eigenvalue weighted by Crippen LogP contribution is 2.18. The summed E-state index contributed by atoms with van der Waals surface area (Å²) in [6, 6.07) is 3.97. The van der Waals surface area contributed by atoms with Crippen LogP contribution in [0, 0.1) is 3.57 Å². The Kier molecular flexibility index (Phi) is 6.40. The van der Waals surface area contributed by atoms with E-state index in [9.17, 15) is 14.4 Å². The van der Waals surface area contributed by atoms with Crippen LogP contribution in [0.3, 0.4) is 0 Å². The molecule has 0 aromatic heterocycles. The van der Waals surface area contributed by atoms with E-state index in [1.54, 1.807) is 18.2 Å². The van der Waals surface area contributed by atoms with E-state index in [1.165, 1.54) is 0 Å². The minimum Gasteiger partial charge on any atom is -0.480 e. The molecule has 4 N–H and O–H groups in total. The number of nitrogens with one attached hydrogen (secondary N) is 1. The molecule has 8 heteroatoms. The first-order valence-electron chi connectivity index (χ1n) is 5.58. The molecule has 0 aliphatic carbocycles. The quantitative estimate of drug-likeness (QED) is 0.566. The van der Waals surface area contributed by atoms with Crippen LogP contribution in [0.5, 0.6) is 0 Å². The minimum absolute atomic E-state index is 0.0407. The molecule has 1 aromatic carbocycles. The van der Waals surface area contributed by atoms with E-state index >= 15 is 0 Å². The molecule has 0 aliphatic rings. The molecule has 1 rings (SSSR count). The summed E-state index contributed by atoms with van der Waals surface area (Å²) in [6.07, 6.45) is -0.145. The number of carbonyl (C=O) groups excluding carboxylic acids is 2. The fourth-order valence-electron chi connectivity index (χ4n) is 1.45. The van der Waals surface area contributed by atoms with Gasteiger partial charge in [0.15, 0.2) is 0 Å². The Morgan fingerprint density at radius 2 is 2.05 bits per heavy atom. The van der Waals surface area contributed by atoms with Gasteiger partial charge in [-0.2, -0.15) is 0 Å². The summed E-state index contributed by atoms with van der Waals surface area (Å²) in [5.41, 5.74) is 5.34. The zero-order chi connectivity index (χ0) is 15.3. The molecule has 108 valence electrons. The van der Waals surface area contributed by atoms with E-state index in [2.05, 4.69) is 21.2 Å².